The van der Waals surface area contributed by atoms with Crippen molar-refractivity contribution in [3.05, 3.63) is 22.7 Å². The van der Waals surface area contributed by atoms with Crippen LogP contribution in [0.5, 0.6) is 0 Å². The van der Waals surface area contributed by atoms with E-state index in [1.165, 1.54) is 17.0 Å². The number of aliphatic hydroxyl groups excluding tert-OH is 2. The molecule has 3 atom stereocenters. The lowest BCUT2D eigenvalue weighted by atomic mass is 10.2. The van der Waals surface area contributed by atoms with Crippen LogP contribution in [0.25, 0.3) is 11.2 Å². The fourth-order valence-corrected chi connectivity index (χ4v) is 2.66. The van der Waals surface area contributed by atoms with Crippen molar-refractivity contribution in [2.75, 3.05) is 5.73 Å². The molecular formula is C10H9Cl2N5O2. The van der Waals surface area contributed by atoms with Gasteiger partial charge in [0.1, 0.15) is 23.8 Å². The summed E-state index contributed by atoms with van der Waals surface area (Å²) in [6.07, 6.45) is 0.674. The minimum Gasteiger partial charge on any atom is -0.388 e. The van der Waals surface area contributed by atoms with E-state index in [4.69, 9.17) is 28.9 Å². The second kappa shape index (κ2) is 4.31. The van der Waals surface area contributed by atoms with Gasteiger partial charge in [-0.3, -0.25) is 0 Å². The van der Waals surface area contributed by atoms with Crippen LogP contribution in [0, 0.1) is 0 Å². The number of hydrogen-bond donors (Lipinski definition) is 3. The van der Waals surface area contributed by atoms with E-state index in [0.29, 0.717) is 16.2 Å². The summed E-state index contributed by atoms with van der Waals surface area (Å²) in [5.74, 6) is 0.141. The number of imidazole rings is 1. The first-order chi connectivity index (χ1) is 8.99. The van der Waals surface area contributed by atoms with Crippen molar-refractivity contribution in [3.63, 3.8) is 0 Å². The zero-order chi connectivity index (χ0) is 13.7. The number of fused-ring (bicyclic) bond motifs is 1. The molecule has 19 heavy (non-hydrogen) atoms. The minimum absolute atomic E-state index is 0.0279. The Hall–Kier alpha value is -1.41. The molecule has 3 rings (SSSR count). The molecule has 0 amide bonds. The van der Waals surface area contributed by atoms with Crippen LogP contribution in [0.3, 0.4) is 0 Å². The quantitative estimate of drug-likeness (QED) is 0.660. The highest BCUT2D eigenvalue weighted by atomic mass is 35.5. The summed E-state index contributed by atoms with van der Waals surface area (Å²) in [5.41, 5.74) is 6.41. The number of hydrogen-bond acceptors (Lipinski definition) is 6. The number of nitrogens with zero attached hydrogens (tertiary/aromatic N) is 4. The Morgan fingerprint density at radius 2 is 2.00 bits per heavy atom. The molecule has 0 aromatic carbocycles. The second-order valence-corrected chi connectivity index (χ2v) is 4.95. The van der Waals surface area contributed by atoms with Crippen LogP contribution < -0.4 is 5.73 Å². The lowest BCUT2D eigenvalue weighted by molar-refractivity contribution is 0.0370. The Labute approximate surface area is 117 Å². The van der Waals surface area contributed by atoms with Crippen molar-refractivity contribution in [2.45, 2.75) is 18.2 Å². The molecule has 7 nitrogen and oxygen atoms in total. The van der Waals surface area contributed by atoms with E-state index >= 15 is 0 Å². The highest BCUT2D eigenvalue weighted by molar-refractivity contribution is 6.30. The number of rotatable bonds is 1. The molecule has 1 aliphatic carbocycles. The van der Waals surface area contributed by atoms with Gasteiger partial charge < -0.3 is 20.5 Å². The third-order valence-corrected chi connectivity index (χ3v) is 3.53. The summed E-state index contributed by atoms with van der Waals surface area (Å²) in [7, 11) is 0. The average Bonchev–Trinajstić information content (AvgIpc) is 2.82. The zero-order valence-electron chi connectivity index (χ0n) is 9.40. The number of anilines is 1. The standard InChI is InChI=1S/C10H9Cl2N5O2/c11-3-1-4(18)7(19)6(3)17-2-14-5-8(13)15-10(12)16-9(5)17/h1-2,4,6-7,18-19H,(H2,13,15,16)/t4-,6?,7+/m0/s1. The summed E-state index contributed by atoms with van der Waals surface area (Å²) in [5, 5.41) is 19.8. The zero-order valence-corrected chi connectivity index (χ0v) is 10.9. The molecule has 1 unspecified atom stereocenters. The van der Waals surface area contributed by atoms with Gasteiger partial charge in [-0.2, -0.15) is 9.97 Å². The van der Waals surface area contributed by atoms with Crippen LogP contribution >= 0.6 is 23.2 Å². The summed E-state index contributed by atoms with van der Waals surface area (Å²) in [6.45, 7) is 0. The van der Waals surface area contributed by atoms with Gasteiger partial charge in [0.25, 0.3) is 0 Å². The smallest absolute Gasteiger partial charge is 0.226 e. The molecule has 0 saturated heterocycles. The maximum absolute atomic E-state index is 9.95. The van der Waals surface area contributed by atoms with E-state index in [0.717, 1.165) is 0 Å². The van der Waals surface area contributed by atoms with Crippen LogP contribution in [-0.4, -0.2) is 41.9 Å². The van der Waals surface area contributed by atoms with Crippen LogP contribution in [0.2, 0.25) is 5.28 Å². The first-order valence-electron chi connectivity index (χ1n) is 5.38. The molecule has 0 aliphatic heterocycles. The molecule has 0 fully saturated rings. The molecule has 0 radical (unpaired) electrons. The van der Waals surface area contributed by atoms with Crippen LogP contribution in [-0.2, 0) is 0 Å². The SMILES string of the molecule is Nc1nc(Cl)nc2c1ncn2C1C(Cl)=C[C@H](O)[C@H]1O. The van der Waals surface area contributed by atoms with E-state index in [1.807, 2.05) is 0 Å². The fraction of sp³-hybridized carbons (Fsp3) is 0.300. The van der Waals surface area contributed by atoms with Crippen LogP contribution in [0.1, 0.15) is 6.04 Å². The van der Waals surface area contributed by atoms with Gasteiger partial charge in [0, 0.05) is 5.03 Å². The van der Waals surface area contributed by atoms with Gasteiger partial charge in [-0.15, -0.1) is 0 Å². The Morgan fingerprint density at radius 1 is 1.26 bits per heavy atom. The van der Waals surface area contributed by atoms with Crippen LogP contribution in [0.4, 0.5) is 5.82 Å². The highest BCUT2D eigenvalue weighted by Gasteiger charge is 2.36. The molecule has 2 aromatic heterocycles. The van der Waals surface area contributed by atoms with Crippen molar-refractivity contribution >= 4 is 40.2 Å². The molecule has 1 aliphatic rings. The molecule has 0 saturated carbocycles. The third-order valence-electron chi connectivity index (χ3n) is 3.01. The molecule has 0 bridgehead atoms. The molecule has 2 aromatic rings. The van der Waals surface area contributed by atoms with Gasteiger partial charge in [0.05, 0.1) is 6.33 Å². The number of aromatic nitrogens is 4. The van der Waals surface area contributed by atoms with Crippen LogP contribution in [0.15, 0.2) is 17.4 Å². The Bertz CT molecular complexity index is 686. The van der Waals surface area contributed by atoms with Crippen molar-refractivity contribution in [3.8, 4) is 0 Å². The maximum atomic E-state index is 9.95. The third kappa shape index (κ3) is 1.86. The van der Waals surface area contributed by atoms with E-state index < -0.39 is 18.2 Å². The molecule has 4 N–H and O–H groups in total. The fourth-order valence-electron chi connectivity index (χ4n) is 2.12. The summed E-state index contributed by atoms with van der Waals surface area (Å²) >= 11 is 11.8. The van der Waals surface area contributed by atoms with E-state index in [-0.39, 0.29) is 11.1 Å². The van der Waals surface area contributed by atoms with Crippen molar-refractivity contribution in [1.29, 1.82) is 0 Å². The lowest BCUT2D eigenvalue weighted by Crippen LogP contribution is -2.28. The summed E-state index contributed by atoms with van der Waals surface area (Å²) in [4.78, 5) is 11.9. The normalized spacial score (nSPS) is 26.9. The predicted molar refractivity (Wildman–Crippen MR) is 69.7 cm³/mol. The molecular weight excluding hydrogens is 293 g/mol. The van der Waals surface area contributed by atoms with E-state index in [2.05, 4.69) is 15.0 Å². The lowest BCUT2D eigenvalue weighted by Gasteiger charge is -2.19. The van der Waals surface area contributed by atoms with Crippen molar-refractivity contribution in [2.24, 2.45) is 0 Å². The minimum atomic E-state index is -1.08. The maximum Gasteiger partial charge on any atom is 0.226 e. The number of nitrogens with two attached hydrogens (primary N) is 1. The van der Waals surface area contributed by atoms with Gasteiger partial charge in [0.2, 0.25) is 5.28 Å². The van der Waals surface area contributed by atoms with E-state index in [9.17, 15) is 10.2 Å². The molecule has 2 heterocycles. The van der Waals surface area contributed by atoms with E-state index in [1.54, 1.807) is 0 Å². The first-order valence-corrected chi connectivity index (χ1v) is 6.13. The highest BCUT2D eigenvalue weighted by Crippen LogP contribution is 2.36. The summed E-state index contributed by atoms with van der Waals surface area (Å²) < 4.78 is 1.51. The van der Waals surface area contributed by atoms with Gasteiger partial charge in [-0.05, 0) is 17.7 Å². The number of nitrogen functional groups attached to an aromatic ring is 1. The average molecular weight is 302 g/mol. The molecule has 9 heteroatoms. The Balaban J connectivity index is 2.19. The second-order valence-electron chi connectivity index (χ2n) is 4.18. The number of aliphatic hydroxyl groups is 2. The van der Waals surface area contributed by atoms with Crippen molar-refractivity contribution < 1.29 is 10.2 Å². The van der Waals surface area contributed by atoms with Gasteiger partial charge in [-0.25, -0.2) is 4.98 Å². The van der Waals surface area contributed by atoms with Crippen molar-refractivity contribution in [1.82, 2.24) is 19.5 Å². The first kappa shape index (κ1) is 12.6. The van der Waals surface area contributed by atoms with Gasteiger partial charge in [-0.1, -0.05) is 11.6 Å². The van der Waals surface area contributed by atoms with Gasteiger partial charge >= 0.3 is 0 Å². The predicted octanol–water partition coefficient (Wildman–Crippen LogP) is 0.461. The largest absolute Gasteiger partial charge is 0.388 e. The van der Waals surface area contributed by atoms with Gasteiger partial charge in [0.15, 0.2) is 11.5 Å². The number of halogens is 2. The Morgan fingerprint density at radius 3 is 2.63 bits per heavy atom. The molecule has 0 spiro atoms. The Kier molecular flexibility index (Phi) is 2.86. The monoisotopic (exact) mass is 301 g/mol. The summed E-state index contributed by atoms with van der Waals surface area (Å²) in [6, 6.07) is -0.674. The topological polar surface area (TPSA) is 110 Å². The molecule has 100 valence electrons.